The molecular weight excluding hydrogens is 393 g/mol. The van der Waals surface area contributed by atoms with Gasteiger partial charge in [-0.2, -0.15) is 0 Å². The molecule has 0 bridgehead atoms. The molecule has 0 spiro atoms. The van der Waals surface area contributed by atoms with Crippen LogP contribution in [0.25, 0.3) is 0 Å². The Morgan fingerprint density at radius 2 is 0.931 bits per heavy atom. The Hall–Kier alpha value is -2.91. The molecule has 29 heavy (non-hydrogen) atoms. The number of nitriles is 1. The minimum atomic E-state index is -2.28. The SMILES string of the molecule is Cl.N#Cc1ccc(C[PH](c2ccccc2)(c2ccccc2)c2ccccc2)cc1. The number of hydrogen-bond acceptors (Lipinski definition) is 1. The Morgan fingerprint density at radius 3 is 1.28 bits per heavy atom. The van der Waals surface area contributed by atoms with Gasteiger partial charge in [0, 0.05) is 0 Å². The third kappa shape index (κ3) is 4.25. The van der Waals surface area contributed by atoms with E-state index in [-0.39, 0.29) is 12.4 Å². The van der Waals surface area contributed by atoms with Crippen LogP contribution in [0.4, 0.5) is 0 Å². The topological polar surface area (TPSA) is 23.8 Å². The number of benzene rings is 4. The number of halogens is 1. The van der Waals surface area contributed by atoms with Crippen molar-refractivity contribution in [2.24, 2.45) is 0 Å². The van der Waals surface area contributed by atoms with Crippen molar-refractivity contribution < 1.29 is 0 Å². The molecule has 4 aromatic carbocycles. The van der Waals surface area contributed by atoms with Crippen LogP contribution in [-0.4, -0.2) is 0 Å². The van der Waals surface area contributed by atoms with Crippen LogP contribution < -0.4 is 15.9 Å². The monoisotopic (exact) mass is 415 g/mol. The van der Waals surface area contributed by atoms with Gasteiger partial charge < -0.3 is 0 Å². The van der Waals surface area contributed by atoms with E-state index in [4.69, 9.17) is 5.26 Å². The van der Waals surface area contributed by atoms with Gasteiger partial charge in [-0.05, 0) is 0 Å². The summed E-state index contributed by atoms with van der Waals surface area (Å²) in [5.41, 5.74) is 1.97. The normalized spacial score (nSPS) is 11.1. The Labute approximate surface area is 179 Å². The van der Waals surface area contributed by atoms with Gasteiger partial charge in [0.2, 0.25) is 0 Å². The van der Waals surface area contributed by atoms with E-state index in [1.165, 1.54) is 21.5 Å². The molecule has 1 nitrogen and oxygen atoms in total. The molecule has 0 saturated heterocycles. The van der Waals surface area contributed by atoms with Crippen LogP contribution in [0.5, 0.6) is 0 Å². The summed E-state index contributed by atoms with van der Waals surface area (Å²) < 4.78 is 0. The Kier molecular flexibility index (Phi) is 6.84. The standard InChI is InChI=1S/C26H22NP.ClH/c27-20-22-16-18-23(19-17-22)21-28(24-10-4-1-5-11-24,25-12-6-2-7-13-25)26-14-8-3-9-15-26;/h1-19,28H,21H2;1H. The van der Waals surface area contributed by atoms with Crippen LogP contribution in [0, 0.1) is 11.3 Å². The van der Waals surface area contributed by atoms with Gasteiger partial charge >= 0.3 is 167 Å². The van der Waals surface area contributed by atoms with Gasteiger partial charge in [0.1, 0.15) is 0 Å². The van der Waals surface area contributed by atoms with Crippen molar-refractivity contribution in [3.63, 3.8) is 0 Å². The van der Waals surface area contributed by atoms with Gasteiger partial charge in [-0.25, -0.2) is 0 Å². The van der Waals surface area contributed by atoms with Crippen molar-refractivity contribution in [2.45, 2.75) is 6.16 Å². The summed E-state index contributed by atoms with van der Waals surface area (Å²) in [7, 11) is -2.28. The summed E-state index contributed by atoms with van der Waals surface area (Å²) in [6.07, 6.45) is 0.955. The number of rotatable bonds is 5. The second-order valence-corrected chi connectivity index (χ2v) is 10.9. The first-order valence-corrected chi connectivity index (χ1v) is 11.7. The average Bonchev–Trinajstić information content (AvgIpc) is 2.80. The molecule has 0 heterocycles. The van der Waals surface area contributed by atoms with E-state index < -0.39 is 7.26 Å². The molecule has 0 atom stereocenters. The molecule has 0 saturated carbocycles. The minimum absolute atomic E-state index is 0. The van der Waals surface area contributed by atoms with Crippen LogP contribution in [0.3, 0.4) is 0 Å². The first-order chi connectivity index (χ1) is 13.8. The van der Waals surface area contributed by atoms with Crippen LogP contribution in [0.1, 0.15) is 11.1 Å². The molecule has 4 aromatic rings. The maximum absolute atomic E-state index is 9.15. The van der Waals surface area contributed by atoms with E-state index in [1.54, 1.807) is 0 Å². The van der Waals surface area contributed by atoms with Crippen molar-refractivity contribution in [1.82, 2.24) is 0 Å². The van der Waals surface area contributed by atoms with E-state index >= 15 is 0 Å². The first-order valence-electron chi connectivity index (χ1n) is 9.48. The fourth-order valence-corrected chi connectivity index (χ4v) is 8.72. The third-order valence-corrected chi connectivity index (χ3v) is 10.2. The molecule has 4 rings (SSSR count). The van der Waals surface area contributed by atoms with E-state index in [1.807, 2.05) is 12.1 Å². The van der Waals surface area contributed by atoms with Gasteiger partial charge in [-0.1, -0.05) is 0 Å². The maximum atomic E-state index is 9.15. The molecular formula is C26H23ClNP. The van der Waals surface area contributed by atoms with Gasteiger partial charge in [0.25, 0.3) is 0 Å². The van der Waals surface area contributed by atoms with Crippen LogP contribution >= 0.6 is 19.7 Å². The number of hydrogen-bond donors (Lipinski definition) is 0. The van der Waals surface area contributed by atoms with Crippen molar-refractivity contribution in [2.75, 3.05) is 0 Å². The van der Waals surface area contributed by atoms with Gasteiger partial charge in [-0.15, -0.1) is 12.4 Å². The molecule has 144 valence electrons. The van der Waals surface area contributed by atoms with E-state index in [0.29, 0.717) is 5.56 Å². The zero-order valence-corrected chi connectivity index (χ0v) is 17.8. The first kappa shape index (κ1) is 20.8. The van der Waals surface area contributed by atoms with E-state index in [9.17, 15) is 0 Å². The zero-order chi connectivity index (χ0) is 19.2. The Bertz CT molecular complexity index is 976. The molecule has 3 heteroatoms. The Balaban J connectivity index is 0.00000240. The molecule has 0 aromatic heterocycles. The zero-order valence-electron chi connectivity index (χ0n) is 16.0. The molecule has 0 aliphatic heterocycles. The van der Waals surface area contributed by atoms with Crippen LogP contribution in [0.2, 0.25) is 0 Å². The summed E-state index contributed by atoms with van der Waals surface area (Å²) in [6, 6.07) is 43.0. The molecule has 0 N–H and O–H groups in total. The average molecular weight is 416 g/mol. The van der Waals surface area contributed by atoms with Gasteiger partial charge in [0.15, 0.2) is 0 Å². The van der Waals surface area contributed by atoms with Gasteiger partial charge in [0.05, 0.1) is 0 Å². The predicted molar refractivity (Wildman–Crippen MR) is 129 cm³/mol. The van der Waals surface area contributed by atoms with Crippen LogP contribution in [-0.2, 0) is 6.16 Å². The summed E-state index contributed by atoms with van der Waals surface area (Å²) >= 11 is 0. The number of nitrogens with zero attached hydrogens (tertiary/aromatic N) is 1. The molecule has 0 radical (unpaired) electrons. The summed E-state index contributed by atoms with van der Waals surface area (Å²) in [4.78, 5) is 0. The van der Waals surface area contributed by atoms with Crippen LogP contribution in [0.15, 0.2) is 115 Å². The van der Waals surface area contributed by atoms with Crippen molar-refractivity contribution in [1.29, 1.82) is 5.26 Å². The van der Waals surface area contributed by atoms with E-state index in [0.717, 1.165) is 6.16 Å². The molecule has 0 aliphatic rings. The molecule has 0 unspecified atom stereocenters. The summed E-state index contributed by atoms with van der Waals surface area (Å²) in [5.74, 6) is 0. The van der Waals surface area contributed by atoms with Crippen molar-refractivity contribution in [3.05, 3.63) is 126 Å². The summed E-state index contributed by atoms with van der Waals surface area (Å²) in [5, 5.41) is 13.4. The van der Waals surface area contributed by atoms with Crippen molar-refractivity contribution >= 4 is 35.6 Å². The summed E-state index contributed by atoms with van der Waals surface area (Å²) in [6.45, 7) is 0. The molecule has 0 aliphatic carbocycles. The second-order valence-electron chi connectivity index (χ2n) is 6.99. The predicted octanol–water partition coefficient (Wildman–Crippen LogP) is 5.21. The van der Waals surface area contributed by atoms with E-state index in [2.05, 4.69) is 109 Å². The third-order valence-electron chi connectivity index (χ3n) is 5.35. The second kappa shape index (κ2) is 9.53. The fourth-order valence-electron chi connectivity index (χ4n) is 3.98. The molecule has 0 amide bonds. The Morgan fingerprint density at radius 1 is 0.552 bits per heavy atom. The fraction of sp³-hybridized carbons (Fsp3) is 0.0385. The van der Waals surface area contributed by atoms with Crippen molar-refractivity contribution in [3.8, 4) is 6.07 Å². The van der Waals surface area contributed by atoms with Gasteiger partial charge in [-0.3, -0.25) is 0 Å². The molecule has 0 fully saturated rings. The quantitative estimate of drug-likeness (QED) is 0.411.